The standard InChI is InChI=1S/C15H15Br2NO5S/c1-2-23-14(20)8-24(22)7-9-3-13(19)18(15(9)21)12-5-10(16)4-11(17)6-12/h4-6,9H,2-3,7-8H2,1H3. The number of carbonyl (C=O) groups is 3. The lowest BCUT2D eigenvalue weighted by atomic mass is 10.1. The molecule has 1 fully saturated rings. The fourth-order valence-electron chi connectivity index (χ4n) is 2.38. The van der Waals surface area contributed by atoms with Crippen LogP contribution in [0, 0.1) is 5.92 Å². The molecule has 2 atom stereocenters. The first-order valence-corrected chi connectivity index (χ1v) is 10.2. The van der Waals surface area contributed by atoms with Gasteiger partial charge in [-0.1, -0.05) is 31.9 Å². The van der Waals surface area contributed by atoms with Gasteiger partial charge in [-0.15, -0.1) is 0 Å². The van der Waals surface area contributed by atoms with E-state index in [2.05, 4.69) is 31.9 Å². The SMILES string of the molecule is CCOC(=O)C[S+]([O-])CC1CC(=O)N(c2cc(Br)cc(Br)c2)C1=O. The lowest BCUT2D eigenvalue weighted by Gasteiger charge is -2.17. The highest BCUT2D eigenvalue weighted by Gasteiger charge is 2.42. The van der Waals surface area contributed by atoms with E-state index in [0.717, 1.165) is 13.8 Å². The van der Waals surface area contributed by atoms with E-state index in [1.165, 1.54) is 0 Å². The Kier molecular flexibility index (Phi) is 6.85. The van der Waals surface area contributed by atoms with Gasteiger partial charge in [0.25, 0.3) is 0 Å². The van der Waals surface area contributed by atoms with Crippen molar-refractivity contribution in [2.24, 2.45) is 5.92 Å². The molecule has 2 rings (SSSR count). The summed E-state index contributed by atoms with van der Waals surface area (Å²) < 4.78 is 18.2. The highest BCUT2D eigenvalue weighted by atomic mass is 79.9. The van der Waals surface area contributed by atoms with E-state index >= 15 is 0 Å². The monoisotopic (exact) mass is 479 g/mol. The summed E-state index contributed by atoms with van der Waals surface area (Å²) in [6.07, 6.45) is -0.0163. The van der Waals surface area contributed by atoms with Gasteiger partial charge in [-0.3, -0.25) is 14.5 Å². The molecule has 0 spiro atoms. The van der Waals surface area contributed by atoms with Crippen LogP contribution in [0.1, 0.15) is 13.3 Å². The van der Waals surface area contributed by atoms with Crippen LogP contribution in [0.15, 0.2) is 27.1 Å². The lowest BCUT2D eigenvalue weighted by molar-refractivity contribution is -0.140. The Morgan fingerprint density at radius 2 is 1.96 bits per heavy atom. The molecule has 1 aromatic carbocycles. The van der Waals surface area contributed by atoms with Crippen LogP contribution in [0.4, 0.5) is 5.69 Å². The van der Waals surface area contributed by atoms with Crippen LogP contribution in [0.25, 0.3) is 0 Å². The molecule has 2 unspecified atom stereocenters. The van der Waals surface area contributed by atoms with E-state index in [4.69, 9.17) is 4.74 Å². The third kappa shape index (κ3) is 4.81. The minimum Gasteiger partial charge on any atom is -0.616 e. The maximum absolute atomic E-state index is 12.5. The number of carbonyl (C=O) groups excluding carboxylic acids is 3. The number of nitrogens with zero attached hydrogens (tertiary/aromatic N) is 1. The van der Waals surface area contributed by atoms with Crippen LogP contribution in [0.5, 0.6) is 0 Å². The van der Waals surface area contributed by atoms with E-state index in [1.807, 2.05) is 0 Å². The first kappa shape index (κ1) is 19.4. The van der Waals surface area contributed by atoms with Crippen LogP contribution in [0.3, 0.4) is 0 Å². The van der Waals surface area contributed by atoms with Crippen molar-refractivity contribution in [3.63, 3.8) is 0 Å². The Bertz CT molecular complexity index is 649. The molecule has 24 heavy (non-hydrogen) atoms. The van der Waals surface area contributed by atoms with Crippen LogP contribution in [-0.4, -0.2) is 40.4 Å². The summed E-state index contributed by atoms with van der Waals surface area (Å²) in [7, 11) is 0. The average Bonchev–Trinajstić information content (AvgIpc) is 2.72. The lowest BCUT2D eigenvalue weighted by Crippen LogP contribution is -2.33. The summed E-state index contributed by atoms with van der Waals surface area (Å²) in [5.74, 6) is -2.31. The van der Waals surface area contributed by atoms with E-state index in [9.17, 15) is 18.9 Å². The third-order valence-corrected chi connectivity index (χ3v) is 5.56. The molecule has 0 aliphatic carbocycles. The first-order chi connectivity index (χ1) is 11.3. The Morgan fingerprint density at radius 1 is 1.33 bits per heavy atom. The first-order valence-electron chi connectivity index (χ1n) is 7.15. The Balaban J connectivity index is 2.07. The topological polar surface area (TPSA) is 86.7 Å². The zero-order valence-corrected chi connectivity index (χ0v) is 16.8. The minimum atomic E-state index is -1.55. The van der Waals surface area contributed by atoms with E-state index in [-0.39, 0.29) is 30.4 Å². The fraction of sp³-hybridized carbons (Fsp3) is 0.400. The molecule has 1 aliphatic heterocycles. The zero-order chi connectivity index (χ0) is 17.9. The fourth-order valence-corrected chi connectivity index (χ4v) is 4.82. The normalized spacial score (nSPS) is 18.8. The predicted octanol–water partition coefficient (Wildman–Crippen LogP) is 2.40. The molecule has 1 saturated heterocycles. The number of imide groups is 1. The number of halogens is 2. The molecule has 0 aromatic heterocycles. The zero-order valence-electron chi connectivity index (χ0n) is 12.8. The van der Waals surface area contributed by atoms with Gasteiger partial charge in [0.1, 0.15) is 5.75 Å². The summed E-state index contributed by atoms with van der Waals surface area (Å²) in [5, 5.41) is 0. The van der Waals surface area contributed by atoms with Crippen LogP contribution in [-0.2, 0) is 30.3 Å². The number of anilines is 1. The number of ether oxygens (including phenoxy) is 1. The number of benzene rings is 1. The van der Waals surface area contributed by atoms with Crippen molar-refractivity contribution < 1.29 is 23.7 Å². The second-order valence-electron chi connectivity index (χ2n) is 5.15. The summed E-state index contributed by atoms with van der Waals surface area (Å²) in [4.78, 5) is 37.2. The van der Waals surface area contributed by atoms with E-state index in [0.29, 0.717) is 5.69 Å². The number of hydrogen-bond acceptors (Lipinski definition) is 5. The van der Waals surface area contributed by atoms with Crippen molar-refractivity contribution in [3.05, 3.63) is 27.1 Å². The number of esters is 1. The van der Waals surface area contributed by atoms with Crippen molar-refractivity contribution in [2.45, 2.75) is 13.3 Å². The quantitative estimate of drug-likeness (QED) is 0.354. The third-order valence-electron chi connectivity index (χ3n) is 3.32. The van der Waals surface area contributed by atoms with E-state index in [1.54, 1.807) is 25.1 Å². The van der Waals surface area contributed by atoms with Crippen molar-refractivity contribution in [3.8, 4) is 0 Å². The Hall–Kier alpha value is -0.900. The second kappa shape index (κ2) is 8.46. The van der Waals surface area contributed by atoms with Crippen LogP contribution < -0.4 is 4.90 Å². The van der Waals surface area contributed by atoms with Crippen molar-refractivity contribution in [1.29, 1.82) is 0 Å². The van der Waals surface area contributed by atoms with Crippen molar-refractivity contribution in [1.82, 2.24) is 0 Å². The van der Waals surface area contributed by atoms with Crippen LogP contribution >= 0.6 is 31.9 Å². The molecular formula is C15H15Br2NO5S. The number of rotatable bonds is 6. The largest absolute Gasteiger partial charge is 0.616 e. The summed E-state index contributed by atoms with van der Waals surface area (Å²) in [5.41, 5.74) is 0.449. The maximum atomic E-state index is 12.5. The van der Waals surface area contributed by atoms with Gasteiger partial charge < -0.3 is 9.29 Å². The highest BCUT2D eigenvalue weighted by Crippen LogP contribution is 2.32. The van der Waals surface area contributed by atoms with Gasteiger partial charge in [-0.05, 0) is 36.3 Å². The molecule has 1 aliphatic rings. The molecule has 0 N–H and O–H groups in total. The van der Waals surface area contributed by atoms with Gasteiger partial charge in [0.2, 0.25) is 17.6 Å². The summed E-state index contributed by atoms with van der Waals surface area (Å²) in [6, 6.07) is 5.12. The summed E-state index contributed by atoms with van der Waals surface area (Å²) >= 11 is 5.09. The van der Waals surface area contributed by atoms with Gasteiger partial charge in [0.15, 0.2) is 0 Å². The van der Waals surface area contributed by atoms with Gasteiger partial charge in [-0.2, -0.15) is 0 Å². The number of amides is 2. The van der Waals surface area contributed by atoms with Gasteiger partial charge in [0.05, 0.1) is 18.2 Å². The molecule has 0 bridgehead atoms. The van der Waals surface area contributed by atoms with Crippen LogP contribution in [0.2, 0.25) is 0 Å². The van der Waals surface area contributed by atoms with Gasteiger partial charge in [0, 0.05) is 15.4 Å². The molecule has 1 heterocycles. The molecule has 0 radical (unpaired) electrons. The molecule has 2 amide bonds. The van der Waals surface area contributed by atoms with E-state index < -0.39 is 29.0 Å². The molecule has 9 heteroatoms. The Morgan fingerprint density at radius 3 is 2.54 bits per heavy atom. The van der Waals surface area contributed by atoms with Crippen molar-refractivity contribution >= 4 is 66.5 Å². The maximum Gasteiger partial charge on any atom is 0.356 e. The number of hydrogen-bond donors (Lipinski definition) is 0. The highest BCUT2D eigenvalue weighted by molar-refractivity contribution is 9.11. The molecule has 6 nitrogen and oxygen atoms in total. The molecular weight excluding hydrogens is 466 g/mol. The smallest absolute Gasteiger partial charge is 0.356 e. The molecule has 1 aromatic rings. The average molecular weight is 481 g/mol. The second-order valence-corrected chi connectivity index (χ2v) is 8.48. The summed E-state index contributed by atoms with van der Waals surface area (Å²) in [6.45, 7) is 1.87. The Labute approximate surface area is 159 Å². The van der Waals surface area contributed by atoms with Crippen molar-refractivity contribution in [2.75, 3.05) is 23.0 Å². The van der Waals surface area contributed by atoms with Gasteiger partial charge in [-0.25, -0.2) is 4.79 Å². The molecule has 130 valence electrons. The molecule has 0 saturated carbocycles. The minimum absolute atomic E-state index is 0.0163. The predicted molar refractivity (Wildman–Crippen MR) is 97.0 cm³/mol. The van der Waals surface area contributed by atoms with Gasteiger partial charge >= 0.3 is 5.97 Å².